The standard InChI is InChI=1S/C15H18N2O4/c18-15(19)11-5-6-13(14(7-11)17(20)21)16-8-12(9-1-2-9)10-3-4-10/h5-7,9-10,12,16H,1-4,8H2,(H,18,19). The van der Waals surface area contributed by atoms with Gasteiger partial charge in [-0.25, -0.2) is 4.79 Å². The summed E-state index contributed by atoms with van der Waals surface area (Å²) in [6.45, 7) is 0.739. The topological polar surface area (TPSA) is 92.5 Å². The van der Waals surface area contributed by atoms with Gasteiger partial charge in [-0.1, -0.05) is 0 Å². The number of aromatic carboxylic acids is 1. The van der Waals surface area contributed by atoms with Crippen molar-refractivity contribution >= 4 is 17.3 Å². The van der Waals surface area contributed by atoms with Gasteiger partial charge >= 0.3 is 5.97 Å². The average molecular weight is 290 g/mol. The van der Waals surface area contributed by atoms with Gasteiger partial charge in [0.2, 0.25) is 0 Å². The molecule has 0 aliphatic heterocycles. The molecule has 2 fully saturated rings. The van der Waals surface area contributed by atoms with E-state index in [0.29, 0.717) is 11.6 Å². The zero-order valence-electron chi connectivity index (χ0n) is 11.6. The number of carboxylic acids is 1. The maximum absolute atomic E-state index is 11.1. The quantitative estimate of drug-likeness (QED) is 0.594. The normalized spacial score (nSPS) is 17.8. The van der Waals surface area contributed by atoms with Crippen LogP contribution in [0.4, 0.5) is 11.4 Å². The van der Waals surface area contributed by atoms with Crippen LogP contribution in [0.5, 0.6) is 0 Å². The van der Waals surface area contributed by atoms with Crippen LogP contribution in [0.25, 0.3) is 0 Å². The van der Waals surface area contributed by atoms with E-state index in [1.807, 2.05) is 0 Å². The van der Waals surface area contributed by atoms with Gasteiger partial charge in [-0.15, -0.1) is 0 Å². The lowest BCUT2D eigenvalue weighted by molar-refractivity contribution is -0.384. The highest BCUT2D eigenvalue weighted by molar-refractivity contribution is 5.89. The monoisotopic (exact) mass is 290 g/mol. The van der Waals surface area contributed by atoms with Gasteiger partial charge in [0.05, 0.1) is 10.5 Å². The number of nitrogens with one attached hydrogen (secondary N) is 1. The van der Waals surface area contributed by atoms with Crippen molar-refractivity contribution in [1.29, 1.82) is 0 Å². The van der Waals surface area contributed by atoms with E-state index in [0.717, 1.165) is 24.4 Å². The first-order valence-corrected chi connectivity index (χ1v) is 7.32. The Morgan fingerprint density at radius 2 is 1.95 bits per heavy atom. The molecule has 0 bridgehead atoms. The van der Waals surface area contributed by atoms with Crippen LogP contribution in [0.15, 0.2) is 18.2 Å². The Morgan fingerprint density at radius 3 is 2.43 bits per heavy atom. The molecular formula is C15H18N2O4. The fourth-order valence-corrected chi connectivity index (χ4v) is 2.96. The molecule has 6 nitrogen and oxygen atoms in total. The van der Waals surface area contributed by atoms with Crippen molar-refractivity contribution in [2.24, 2.45) is 17.8 Å². The molecule has 0 spiro atoms. The van der Waals surface area contributed by atoms with Crippen LogP contribution >= 0.6 is 0 Å². The second-order valence-corrected chi connectivity index (χ2v) is 6.01. The first-order valence-electron chi connectivity index (χ1n) is 7.32. The van der Waals surface area contributed by atoms with Gasteiger partial charge in [0.15, 0.2) is 0 Å². The van der Waals surface area contributed by atoms with E-state index in [2.05, 4.69) is 5.32 Å². The van der Waals surface area contributed by atoms with Gasteiger partial charge < -0.3 is 10.4 Å². The highest BCUT2D eigenvalue weighted by atomic mass is 16.6. The van der Waals surface area contributed by atoms with Crippen LogP contribution in [-0.4, -0.2) is 22.5 Å². The number of hydrogen-bond donors (Lipinski definition) is 2. The van der Waals surface area contributed by atoms with E-state index in [4.69, 9.17) is 5.11 Å². The Hall–Kier alpha value is -2.11. The molecule has 0 atom stereocenters. The SMILES string of the molecule is O=C(O)c1ccc(NCC(C2CC2)C2CC2)c([N+](=O)[O-])c1. The third-order valence-corrected chi connectivity index (χ3v) is 4.42. The van der Waals surface area contributed by atoms with Crippen LogP contribution in [0.2, 0.25) is 0 Å². The number of carboxylic acid groups (broad SMARTS) is 1. The van der Waals surface area contributed by atoms with E-state index in [9.17, 15) is 14.9 Å². The van der Waals surface area contributed by atoms with Gasteiger partial charge in [-0.2, -0.15) is 0 Å². The molecule has 1 aromatic rings. The lowest BCUT2D eigenvalue weighted by Crippen LogP contribution is -2.18. The smallest absolute Gasteiger partial charge is 0.335 e. The second-order valence-electron chi connectivity index (χ2n) is 6.01. The molecule has 21 heavy (non-hydrogen) atoms. The van der Waals surface area contributed by atoms with Crippen LogP contribution in [0, 0.1) is 27.9 Å². The Balaban J connectivity index is 1.74. The number of nitro benzene ring substituents is 1. The van der Waals surface area contributed by atoms with Crippen LogP contribution in [-0.2, 0) is 0 Å². The van der Waals surface area contributed by atoms with E-state index in [1.165, 1.54) is 37.8 Å². The molecule has 2 saturated carbocycles. The number of nitro groups is 1. The number of hydrogen-bond acceptors (Lipinski definition) is 4. The average Bonchev–Trinajstić information content (AvgIpc) is 3.32. The first kappa shape index (κ1) is 13.9. The minimum atomic E-state index is -1.15. The summed E-state index contributed by atoms with van der Waals surface area (Å²) >= 11 is 0. The van der Waals surface area contributed by atoms with E-state index >= 15 is 0 Å². The molecule has 2 N–H and O–H groups in total. The summed E-state index contributed by atoms with van der Waals surface area (Å²) in [5.74, 6) is 0.979. The minimum absolute atomic E-state index is 0.0619. The molecule has 6 heteroatoms. The predicted molar refractivity (Wildman–Crippen MR) is 77.5 cm³/mol. The predicted octanol–water partition coefficient (Wildman–Crippen LogP) is 3.14. The van der Waals surface area contributed by atoms with E-state index < -0.39 is 10.9 Å². The summed E-state index contributed by atoms with van der Waals surface area (Å²) in [5, 5.41) is 23.2. The maximum Gasteiger partial charge on any atom is 0.335 e. The third kappa shape index (κ3) is 3.15. The van der Waals surface area contributed by atoms with Crippen LogP contribution in [0.1, 0.15) is 36.0 Å². The molecule has 0 heterocycles. The zero-order valence-corrected chi connectivity index (χ0v) is 11.6. The zero-order chi connectivity index (χ0) is 15.0. The molecular weight excluding hydrogens is 272 g/mol. The Kier molecular flexibility index (Phi) is 3.53. The van der Waals surface area contributed by atoms with Crippen LogP contribution < -0.4 is 5.32 Å². The number of rotatable bonds is 7. The lowest BCUT2D eigenvalue weighted by Gasteiger charge is -2.17. The number of anilines is 1. The molecule has 112 valence electrons. The maximum atomic E-state index is 11.1. The molecule has 0 radical (unpaired) electrons. The summed E-state index contributed by atoms with van der Waals surface area (Å²) in [6, 6.07) is 4.02. The number of benzene rings is 1. The Morgan fingerprint density at radius 1 is 1.33 bits per heavy atom. The lowest BCUT2D eigenvalue weighted by atomic mass is 9.98. The van der Waals surface area contributed by atoms with Gasteiger partial charge in [0.25, 0.3) is 5.69 Å². The van der Waals surface area contributed by atoms with Crippen molar-refractivity contribution in [3.05, 3.63) is 33.9 Å². The van der Waals surface area contributed by atoms with Gasteiger partial charge in [-0.05, 0) is 55.6 Å². The van der Waals surface area contributed by atoms with Gasteiger partial charge in [0.1, 0.15) is 5.69 Å². The molecule has 0 unspecified atom stereocenters. The molecule has 1 aromatic carbocycles. The van der Waals surface area contributed by atoms with Crippen molar-refractivity contribution in [2.45, 2.75) is 25.7 Å². The molecule has 3 rings (SSSR count). The number of nitrogens with zero attached hydrogens (tertiary/aromatic N) is 1. The fraction of sp³-hybridized carbons (Fsp3) is 0.533. The highest BCUT2D eigenvalue weighted by Crippen LogP contribution is 2.49. The molecule has 0 aromatic heterocycles. The number of carbonyl (C=O) groups is 1. The van der Waals surface area contributed by atoms with Gasteiger partial charge in [0, 0.05) is 12.6 Å². The minimum Gasteiger partial charge on any atom is -0.478 e. The van der Waals surface area contributed by atoms with Crippen molar-refractivity contribution in [3.8, 4) is 0 Å². The van der Waals surface area contributed by atoms with E-state index in [-0.39, 0.29) is 11.3 Å². The second kappa shape index (κ2) is 5.35. The summed E-state index contributed by atoms with van der Waals surface area (Å²) in [4.78, 5) is 21.5. The Bertz CT molecular complexity index is 567. The molecule has 2 aliphatic rings. The van der Waals surface area contributed by atoms with Crippen molar-refractivity contribution in [3.63, 3.8) is 0 Å². The summed E-state index contributed by atoms with van der Waals surface area (Å²) in [5.41, 5.74) is 0.185. The Labute approximate surface area is 122 Å². The van der Waals surface area contributed by atoms with E-state index in [1.54, 1.807) is 0 Å². The van der Waals surface area contributed by atoms with Gasteiger partial charge in [-0.3, -0.25) is 10.1 Å². The fourth-order valence-electron chi connectivity index (χ4n) is 2.96. The summed E-state index contributed by atoms with van der Waals surface area (Å²) in [7, 11) is 0. The largest absolute Gasteiger partial charge is 0.478 e. The molecule has 0 amide bonds. The third-order valence-electron chi connectivity index (χ3n) is 4.42. The van der Waals surface area contributed by atoms with Crippen molar-refractivity contribution in [2.75, 3.05) is 11.9 Å². The van der Waals surface area contributed by atoms with Crippen LogP contribution in [0.3, 0.4) is 0 Å². The van der Waals surface area contributed by atoms with Crippen molar-refractivity contribution < 1.29 is 14.8 Å². The summed E-state index contributed by atoms with van der Waals surface area (Å²) < 4.78 is 0. The molecule has 0 saturated heterocycles. The first-order chi connectivity index (χ1) is 10.1. The molecule has 2 aliphatic carbocycles. The summed E-state index contributed by atoms with van der Waals surface area (Å²) in [6.07, 6.45) is 5.07. The highest BCUT2D eigenvalue weighted by Gasteiger charge is 2.41. The van der Waals surface area contributed by atoms with Crippen molar-refractivity contribution in [1.82, 2.24) is 0 Å².